The lowest BCUT2D eigenvalue weighted by atomic mass is 10.1. The Bertz CT molecular complexity index is 1090. The Kier molecular flexibility index (Phi) is 3.35. The number of hydrogen-bond donors (Lipinski definition) is 2. The van der Waals surface area contributed by atoms with Crippen LogP contribution >= 0.6 is 0 Å². The Hall–Kier alpha value is -3.40. The van der Waals surface area contributed by atoms with E-state index in [1.54, 1.807) is 12.1 Å². The van der Waals surface area contributed by atoms with E-state index in [0.717, 1.165) is 16.5 Å². The number of hydrogen-bond acceptors (Lipinski definition) is 2. The minimum Gasteiger partial charge on any atom is -0.478 e. The molecule has 2 N–H and O–H groups in total. The molecular formula is C20H14N2O2. The van der Waals surface area contributed by atoms with Gasteiger partial charge in [-0.15, -0.1) is 0 Å². The highest BCUT2D eigenvalue weighted by Gasteiger charge is 2.10. The normalized spacial score (nSPS) is 11.5. The molecule has 0 saturated carbocycles. The number of carboxylic acid groups (broad SMARTS) is 1. The molecule has 4 rings (SSSR count). The van der Waals surface area contributed by atoms with E-state index in [4.69, 9.17) is 0 Å². The Morgan fingerprint density at radius 1 is 1.00 bits per heavy atom. The molecule has 0 unspecified atom stereocenters. The fraction of sp³-hybridized carbons (Fsp3) is 0. The minimum atomic E-state index is -0.949. The van der Waals surface area contributed by atoms with Gasteiger partial charge < -0.3 is 10.1 Å². The van der Waals surface area contributed by atoms with Gasteiger partial charge in [-0.2, -0.15) is 0 Å². The number of carbonyl (C=O) groups is 1. The Morgan fingerprint density at radius 3 is 2.58 bits per heavy atom. The van der Waals surface area contributed by atoms with Crippen molar-refractivity contribution < 1.29 is 9.90 Å². The fourth-order valence-corrected chi connectivity index (χ4v) is 2.87. The lowest BCUT2D eigenvalue weighted by Gasteiger charge is -2.04. The topological polar surface area (TPSA) is 66.0 Å². The maximum atomic E-state index is 11.5. The summed E-state index contributed by atoms with van der Waals surface area (Å²) in [7, 11) is 0. The summed E-state index contributed by atoms with van der Waals surface area (Å²) in [5, 5.41) is 11.2. The van der Waals surface area contributed by atoms with Gasteiger partial charge in [-0.1, -0.05) is 42.5 Å². The van der Waals surface area contributed by atoms with Gasteiger partial charge in [0.15, 0.2) is 0 Å². The van der Waals surface area contributed by atoms with Crippen LogP contribution in [0.3, 0.4) is 0 Å². The van der Waals surface area contributed by atoms with Crippen LogP contribution in [0, 0.1) is 0 Å². The van der Waals surface area contributed by atoms with Gasteiger partial charge in [-0.05, 0) is 29.8 Å². The first kappa shape index (κ1) is 14.2. The molecule has 0 aliphatic carbocycles. The molecule has 0 atom stereocenters. The van der Waals surface area contributed by atoms with Crippen LogP contribution in [0.2, 0.25) is 0 Å². The van der Waals surface area contributed by atoms with Gasteiger partial charge in [-0.3, -0.25) is 0 Å². The van der Waals surface area contributed by atoms with Gasteiger partial charge in [0.05, 0.1) is 16.8 Å². The largest absolute Gasteiger partial charge is 0.478 e. The number of fused-ring (bicyclic) bond motifs is 2. The second-order valence-corrected chi connectivity index (χ2v) is 5.54. The molecule has 0 radical (unpaired) electrons. The molecule has 0 spiro atoms. The minimum absolute atomic E-state index is 0.263. The molecule has 2 aromatic heterocycles. The second kappa shape index (κ2) is 5.66. The molecule has 0 amide bonds. The lowest BCUT2D eigenvalue weighted by Crippen LogP contribution is -2.00. The predicted molar refractivity (Wildman–Crippen MR) is 95.9 cm³/mol. The zero-order valence-corrected chi connectivity index (χ0v) is 12.7. The van der Waals surface area contributed by atoms with Gasteiger partial charge >= 0.3 is 5.97 Å². The Morgan fingerprint density at radius 2 is 1.75 bits per heavy atom. The first-order valence-corrected chi connectivity index (χ1v) is 7.60. The van der Waals surface area contributed by atoms with Gasteiger partial charge in [-0.25, -0.2) is 9.78 Å². The van der Waals surface area contributed by atoms with Crippen LogP contribution < -0.4 is 0 Å². The van der Waals surface area contributed by atoms with E-state index in [9.17, 15) is 9.90 Å². The number of pyridine rings is 1. The SMILES string of the molecule is O=C(O)c1cc(C=Cc2c[nH]c3ccccc23)nc2ccccc12. The zero-order valence-electron chi connectivity index (χ0n) is 12.7. The Balaban J connectivity index is 1.80. The summed E-state index contributed by atoms with van der Waals surface area (Å²) in [5.74, 6) is -0.949. The highest BCUT2D eigenvalue weighted by molar-refractivity contribution is 6.03. The van der Waals surface area contributed by atoms with Crippen LogP contribution in [0.5, 0.6) is 0 Å². The molecule has 24 heavy (non-hydrogen) atoms. The third kappa shape index (κ3) is 2.44. The van der Waals surface area contributed by atoms with Crippen molar-refractivity contribution in [1.82, 2.24) is 9.97 Å². The van der Waals surface area contributed by atoms with E-state index < -0.39 is 5.97 Å². The van der Waals surface area contributed by atoms with E-state index in [1.165, 1.54) is 0 Å². The first-order chi connectivity index (χ1) is 11.7. The molecule has 0 bridgehead atoms. The van der Waals surface area contributed by atoms with Crippen molar-refractivity contribution in [3.8, 4) is 0 Å². The molecule has 4 aromatic rings. The van der Waals surface area contributed by atoms with Gasteiger partial charge in [0.25, 0.3) is 0 Å². The van der Waals surface area contributed by atoms with Crippen LogP contribution in [-0.4, -0.2) is 21.0 Å². The van der Waals surface area contributed by atoms with Gasteiger partial charge in [0, 0.05) is 22.5 Å². The highest BCUT2D eigenvalue weighted by atomic mass is 16.4. The number of nitrogens with zero attached hydrogens (tertiary/aromatic N) is 1. The number of para-hydroxylation sites is 2. The fourth-order valence-electron chi connectivity index (χ4n) is 2.87. The van der Waals surface area contributed by atoms with Crippen molar-refractivity contribution in [3.63, 3.8) is 0 Å². The molecule has 0 aliphatic heterocycles. The number of aromatic carboxylic acids is 1. The van der Waals surface area contributed by atoms with Gasteiger partial charge in [0.2, 0.25) is 0 Å². The van der Waals surface area contributed by atoms with Crippen LogP contribution in [0.4, 0.5) is 0 Å². The highest BCUT2D eigenvalue weighted by Crippen LogP contribution is 2.22. The average molecular weight is 314 g/mol. The number of carboxylic acids is 1. The summed E-state index contributed by atoms with van der Waals surface area (Å²) in [5.41, 5.74) is 3.67. The van der Waals surface area contributed by atoms with Crippen LogP contribution in [-0.2, 0) is 0 Å². The summed E-state index contributed by atoms with van der Waals surface area (Å²) in [6.45, 7) is 0. The summed E-state index contributed by atoms with van der Waals surface area (Å²) in [6, 6.07) is 16.9. The zero-order chi connectivity index (χ0) is 16.5. The second-order valence-electron chi connectivity index (χ2n) is 5.54. The third-order valence-corrected chi connectivity index (χ3v) is 4.02. The van der Waals surface area contributed by atoms with Crippen molar-refractivity contribution in [2.75, 3.05) is 0 Å². The molecule has 0 aliphatic rings. The number of benzene rings is 2. The number of aromatic amines is 1. The standard InChI is InChI=1S/C20H14N2O2/c23-20(24)17-11-14(22-19-8-4-2-6-16(17)19)10-9-13-12-21-18-7-3-1-5-15(13)18/h1-12,21H,(H,23,24). The maximum Gasteiger partial charge on any atom is 0.336 e. The maximum absolute atomic E-state index is 11.5. The summed E-state index contributed by atoms with van der Waals surface area (Å²) in [6.07, 6.45) is 5.72. The van der Waals surface area contributed by atoms with E-state index >= 15 is 0 Å². The van der Waals surface area contributed by atoms with Crippen molar-refractivity contribution in [1.29, 1.82) is 0 Å². The summed E-state index contributed by atoms with van der Waals surface area (Å²) < 4.78 is 0. The average Bonchev–Trinajstić information content (AvgIpc) is 3.02. The molecule has 2 aromatic carbocycles. The molecule has 0 saturated heterocycles. The molecular weight excluding hydrogens is 300 g/mol. The molecule has 4 heteroatoms. The van der Waals surface area contributed by atoms with Crippen LogP contribution in [0.1, 0.15) is 21.6 Å². The quantitative estimate of drug-likeness (QED) is 0.581. The van der Waals surface area contributed by atoms with Crippen molar-refractivity contribution >= 4 is 39.9 Å². The molecule has 4 nitrogen and oxygen atoms in total. The number of H-pyrrole nitrogens is 1. The van der Waals surface area contributed by atoms with Crippen LogP contribution in [0.15, 0.2) is 60.8 Å². The monoisotopic (exact) mass is 314 g/mol. The van der Waals surface area contributed by atoms with Gasteiger partial charge in [0.1, 0.15) is 0 Å². The lowest BCUT2D eigenvalue weighted by molar-refractivity contribution is 0.0699. The van der Waals surface area contributed by atoms with E-state index in [0.29, 0.717) is 16.6 Å². The molecule has 116 valence electrons. The Labute approximate surface area is 138 Å². The van der Waals surface area contributed by atoms with Crippen molar-refractivity contribution in [2.24, 2.45) is 0 Å². The van der Waals surface area contributed by atoms with E-state index in [2.05, 4.69) is 9.97 Å². The number of rotatable bonds is 3. The van der Waals surface area contributed by atoms with E-state index in [-0.39, 0.29) is 5.56 Å². The third-order valence-electron chi connectivity index (χ3n) is 4.02. The molecule has 2 heterocycles. The van der Waals surface area contributed by atoms with E-state index in [1.807, 2.05) is 60.8 Å². The number of aromatic nitrogens is 2. The predicted octanol–water partition coefficient (Wildman–Crippen LogP) is 4.58. The summed E-state index contributed by atoms with van der Waals surface area (Å²) in [4.78, 5) is 19.3. The van der Waals surface area contributed by atoms with Crippen LogP contribution in [0.25, 0.3) is 34.0 Å². The summed E-state index contributed by atoms with van der Waals surface area (Å²) >= 11 is 0. The number of nitrogens with one attached hydrogen (secondary N) is 1. The van der Waals surface area contributed by atoms with Crippen molar-refractivity contribution in [3.05, 3.63) is 77.6 Å². The smallest absolute Gasteiger partial charge is 0.336 e. The van der Waals surface area contributed by atoms with Crippen molar-refractivity contribution in [2.45, 2.75) is 0 Å². The molecule has 0 fully saturated rings. The first-order valence-electron chi connectivity index (χ1n) is 7.60.